The van der Waals surface area contributed by atoms with E-state index in [4.69, 9.17) is 10.8 Å². The number of nitrogens with zero attached hydrogens (tertiary/aromatic N) is 2. The molecule has 7 heteroatoms. The molecule has 0 saturated heterocycles. The van der Waals surface area contributed by atoms with Gasteiger partial charge in [0.2, 0.25) is 0 Å². The van der Waals surface area contributed by atoms with Crippen LogP contribution < -0.4 is 5.73 Å². The van der Waals surface area contributed by atoms with Crippen molar-refractivity contribution in [2.45, 2.75) is 5.92 Å². The lowest BCUT2D eigenvalue weighted by Crippen LogP contribution is -2.16. The van der Waals surface area contributed by atoms with Gasteiger partial charge in [0.05, 0.1) is 18.4 Å². The molecular weight excluding hydrogens is 176 g/mol. The highest BCUT2D eigenvalue weighted by Crippen LogP contribution is 2.15. The van der Waals surface area contributed by atoms with Gasteiger partial charge in [-0.25, -0.2) is 0 Å². The smallest absolute Gasteiger partial charge is 0.342 e. The van der Waals surface area contributed by atoms with Crippen LogP contribution >= 0.6 is 0 Å². The molecule has 0 bridgehead atoms. The Bertz CT molecular complexity index is 294. The number of nitrogens with two attached hydrogens (primary N) is 1. The molecule has 1 unspecified atom stereocenters. The molecule has 7 nitrogen and oxygen atoms in total. The highest BCUT2D eigenvalue weighted by molar-refractivity contribution is 5.23. The fraction of sp³-hybridized carbons (Fsp3) is 0.500. The van der Waals surface area contributed by atoms with E-state index in [2.05, 4.69) is 10.2 Å². The number of hydrogen-bond donors (Lipinski definition) is 3. The van der Waals surface area contributed by atoms with Crippen LogP contribution in [0.1, 0.15) is 11.6 Å². The predicted octanol–water partition coefficient (Wildman–Crippen LogP) is -0.648. The largest absolute Gasteiger partial charge is 0.396 e. The van der Waals surface area contributed by atoms with E-state index < -0.39 is 4.92 Å². The first-order valence-corrected chi connectivity index (χ1v) is 3.69. The minimum Gasteiger partial charge on any atom is -0.396 e. The van der Waals surface area contributed by atoms with Crippen LogP contribution in [-0.4, -0.2) is 33.4 Å². The SMILES string of the molecule is NCC(CO)c1cc([N+](=O)[O-])[nH]n1. The van der Waals surface area contributed by atoms with Crippen LogP contribution in [0.4, 0.5) is 5.82 Å². The highest BCUT2D eigenvalue weighted by atomic mass is 16.6. The van der Waals surface area contributed by atoms with Gasteiger partial charge in [0.25, 0.3) is 0 Å². The third-order valence-corrected chi connectivity index (χ3v) is 1.70. The molecule has 0 amide bonds. The zero-order valence-corrected chi connectivity index (χ0v) is 6.80. The van der Waals surface area contributed by atoms with Crippen molar-refractivity contribution < 1.29 is 10.0 Å². The van der Waals surface area contributed by atoms with Crippen molar-refractivity contribution in [2.24, 2.45) is 5.73 Å². The van der Waals surface area contributed by atoms with E-state index in [1.807, 2.05) is 0 Å². The summed E-state index contributed by atoms with van der Waals surface area (Å²) >= 11 is 0. The van der Waals surface area contributed by atoms with Gasteiger partial charge in [0.1, 0.15) is 0 Å². The Hall–Kier alpha value is -1.47. The molecule has 0 aliphatic heterocycles. The summed E-state index contributed by atoms with van der Waals surface area (Å²) in [6, 6.07) is 1.27. The number of aliphatic hydroxyl groups excluding tert-OH is 1. The molecular formula is C6H10N4O3. The number of aromatic nitrogens is 2. The molecule has 0 aliphatic rings. The van der Waals surface area contributed by atoms with Gasteiger partial charge in [-0.15, -0.1) is 5.10 Å². The lowest BCUT2D eigenvalue weighted by atomic mass is 10.1. The van der Waals surface area contributed by atoms with Crippen molar-refractivity contribution in [1.82, 2.24) is 10.2 Å². The molecule has 0 saturated carbocycles. The first kappa shape index (κ1) is 9.62. The Balaban J connectivity index is 2.84. The Labute approximate surface area is 73.7 Å². The zero-order valence-electron chi connectivity index (χ0n) is 6.80. The zero-order chi connectivity index (χ0) is 9.84. The lowest BCUT2D eigenvalue weighted by Gasteiger charge is -2.04. The number of nitro groups is 1. The van der Waals surface area contributed by atoms with Crippen LogP contribution in [-0.2, 0) is 0 Å². The fourth-order valence-corrected chi connectivity index (χ4v) is 0.918. The van der Waals surface area contributed by atoms with Gasteiger partial charge in [0.15, 0.2) is 0 Å². The topological polar surface area (TPSA) is 118 Å². The Morgan fingerprint density at radius 1 is 1.85 bits per heavy atom. The van der Waals surface area contributed by atoms with Gasteiger partial charge in [-0.2, -0.15) is 0 Å². The molecule has 1 aromatic heterocycles. The second-order valence-electron chi connectivity index (χ2n) is 2.55. The van der Waals surface area contributed by atoms with E-state index in [0.717, 1.165) is 0 Å². The quantitative estimate of drug-likeness (QED) is 0.426. The van der Waals surface area contributed by atoms with Gasteiger partial charge in [-0.3, -0.25) is 0 Å². The first-order valence-electron chi connectivity index (χ1n) is 3.69. The van der Waals surface area contributed by atoms with Gasteiger partial charge in [-0.05, 0) is 4.92 Å². The number of nitrogens with one attached hydrogen (secondary N) is 1. The molecule has 1 rings (SSSR count). The normalized spacial score (nSPS) is 12.8. The van der Waals surface area contributed by atoms with Gasteiger partial charge < -0.3 is 21.0 Å². The second kappa shape index (κ2) is 3.97. The number of H-pyrrole nitrogens is 1. The summed E-state index contributed by atoms with van der Waals surface area (Å²) in [5.74, 6) is -0.535. The standard InChI is InChI=1S/C6H10N4O3/c7-2-4(3-11)5-1-6(9-8-5)10(12)13/h1,4,11H,2-3,7H2,(H,8,9). The van der Waals surface area contributed by atoms with Crippen LogP contribution in [0.25, 0.3) is 0 Å². The molecule has 72 valence electrons. The molecule has 0 aromatic carbocycles. The minimum absolute atomic E-state index is 0.168. The summed E-state index contributed by atoms with van der Waals surface area (Å²) in [6.07, 6.45) is 0. The minimum atomic E-state index is -0.582. The predicted molar refractivity (Wildman–Crippen MR) is 44.1 cm³/mol. The molecule has 1 aromatic rings. The Kier molecular flexibility index (Phi) is 2.93. The van der Waals surface area contributed by atoms with E-state index in [9.17, 15) is 10.1 Å². The van der Waals surface area contributed by atoms with E-state index in [1.54, 1.807) is 0 Å². The average molecular weight is 186 g/mol. The van der Waals surface area contributed by atoms with Crippen LogP contribution in [0.2, 0.25) is 0 Å². The van der Waals surface area contributed by atoms with Crippen molar-refractivity contribution in [2.75, 3.05) is 13.2 Å². The van der Waals surface area contributed by atoms with Gasteiger partial charge >= 0.3 is 5.82 Å². The summed E-state index contributed by atoms with van der Waals surface area (Å²) in [7, 11) is 0. The molecule has 0 radical (unpaired) electrons. The van der Waals surface area contributed by atoms with Crippen LogP contribution in [0.3, 0.4) is 0 Å². The van der Waals surface area contributed by atoms with E-state index >= 15 is 0 Å². The number of aliphatic hydroxyl groups is 1. The van der Waals surface area contributed by atoms with Gasteiger partial charge in [0, 0.05) is 12.5 Å². The van der Waals surface area contributed by atoms with Crippen molar-refractivity contribution in [3.63, 3.8) is 0 Å². The first-order chi connectivity index (χ1) is 6.19. The maximum atomic E-state index is 10.3. The third kappa shape index (κ3) is 2.01. The summed E-state index contributed by atoms with van der Waals surface area (Å²) in [5.41, 5.74) is 5.73. The van der Waals surface area contributed by atoms with Crippen LogP contribution in [0, 0.1) is 10.1 Å². The highest BCUT2D eigenvalue weighted by Gasteiger charge is 2.16. The number of hydrogen-bond acceptors (Lipinski definition) is 5. The lowest BCUT2D eigenvalue weighted by molar-refractivity contribution is -0.389. The van der Waals surface area contributed by atoms with E-state index in [0.29, 0.717) is 5.69 Å². The van der Waals surface area contributed by atoms with Crippen molar-refractivity contribution in [3.05, 3.63) is 21.9 Å². The summed E-state index contributed by atoms with van der Waals surface area (Å²) in [6.45, 7) is 0.0387. The molecule has 1 heterocycles. The number of rotatable bonds is 4. The van der Waals surface area contributed by atoms with Crippen LogP contribution in [0.5, 0.6) is 0 Å². The number of aromatic amines is 1. The Morgan fingerprint density at radius 2 is 2.54 bits per heavy atom. The summed E-state index contributed by atoms with van der Waals surface area (Å²) in [4.78, 5) is 9.67. The molecule has 1 atom stereocenters. The molecule has 13 heavy (non-hydrogen) atoms. The Morgan fingerprint density at radius 3 is 2.92 bits per heavy atom. The van der Waals surface area contributed by atoms with E-state index in [1.165, 1.54) is 6.07 Å². The van der Waals surface area contributed by atoms with Gasteiger partial charge in [-0.1, -0.05) is 5.10 Å². The average Bonchev–Trinajstić information content (AvgIpc) is 2.56. The summed E-state index contributed by atoms with van der Waals surface area (Å²) < 4.78 is 0. The van der Waals surface area contributed by atoms with Crippen molar-refractivity contribution >= 4 is 5.82 Å². The summed E-state index contributed by atoms with van der Waals surface area (Å²) in [5, 5.41) is 25.0. The van der Waals surface area contributed by atoms with Crippen LogP contribution in [0.15, 0.2) is 6.07 Å². The molecule has 4 N–H and O–H groups in total. The van der Waals surface area contributed by atoms with Crippen molar-refractivity contribution in [1.29, 1.82) is 0 Å². The maximum Gasteiger partial charge on any atom is 0.342 e. The van der Waals surface area contributed by atoms with E-state index in [-0.39, 0.29) is 24.9 Å². The monoisotopic (exact) mass is 186 g/mol. The third-order valence-electron chi connectivity index (χ3n) is 1.70. The molecule has 0 aliphatic carbocycles. The second-order valence-corrected chi connectivity index (χ2v) is 2.55. The molecule has 0 spiro atoms. The van der Waals surface area contributed by atoms with Crippen molar-refractivity contribution in [3.8, 4) is 0 Å². The fourth-order valence-electron chi connectivity index (χ4n) is 0.918. The maximum absolute atomic E-state index is 10.3. The molecule has 0 fully saturated rings.